The van der Waals surface area contributed by atoms with Crippen LogP contribution in [0.1, 0.15) is 50.7 Å². The molecule has 1 aliphatic heterocycles. The van der Waals surface area contributed by atoms with E-state index in [0.717, 1.165) is 11.3 Å². The number of dihydropyridines is 1. The van der Waals surface area contributed by atoms with Gasteiger partial charge in [0.15, 0.2) is 17.3 Å². The van der Waals surface area contributed by atoms with Gasteiger partial charge in [-0.1, -0.05) is 13.8 Å². The Labute approximate surface area is 211 Å². The fourth-order valence-electron chi connectivity index (χ4n) is 5.13. The van der Waals surface area contributed by atoms with Crippen molar-refractivity contribution in [1.29, 1.82) is 0 Å². The van der Waals surface area contributed by atoms with Crippen LogP contribution in [0.25, 0.3) is 0 Å². The monoisotopic (exact) mass is 491 g/mol. The van der Waals surface area contributed by atoms with Crippen LogP contribution in [0.4, 0.5) is 5.82 Å². The molecule has 0 spiro atoms. The summed E-state index contributed by atoms with van der Waals surface area (Å²) < 4.78 is 16.7. The topological polar surface area (TPSA) is 98.8 Å². The molecule has 8 heteroatoms. The average Bonchev–Trinajstić information content (AvgIpc) is 2.81. The van der Waals surface area contributed by atoms with Crippen LogP contribution in [0.2, 0.25) is 0 Å². The second kappa shape index (κ2) is 9.68. The number of nitrogens with one attached hydrogen (secondary N) is 2. The van der Waals surface area contributed by atoms with Crippen molar-refractivity contribution >= 4 is 17.5 Å². The van der Waals surface area contributed by atoms with Crippen molar-refractivity contribution in [3.05, 3.63) is 64.1 Å². The third-order valence-electron chi connectivity index (χ3n) is 6.66. The van der Waals surface area contributed by atoms with E-state index in [4.69, 9.17) is 14.2 Å². The molecule has 2 aliphatic rings. The fourth-order valence-corrected chi connectivity index (χ4v) is 5.13. The van der Waals surface area contributed by atoms with Crippen molar-refractivity contribution in [1.82, 2.24) is 10.3 Å². The zero-order valence-corrected chi connectivity index (χ0v) is 21.9. The van der Waals surface area contributed by atoms with E-state index in [9.17, 15) is 9.59 Å². The Morgan fingerprint density at radius 2 is 1.72 bits per heavy atom. The number of Topliss-reactive ketones (excluding diaryl/α,β-unsaturated/α-hetero) is 1. The quantitative estimate of drug-likeness (QED) is 0.606. The summed E-state index contributed by atoms with van der Waals surface area (Å²) in [6.07, 6.45) is 2.73. The summed E-state index contributed by atoms with van der Waals surface area (Å²) >= 11 is 0. The lowest BCUT2D eigenvalue weighted by Crippen LogP contribution is -2.39. The normalized spacial score (nSPS) is 18.9. The van der Waals surface area contributed by atoms with E-state index in [2.05, 4.69) is 29.5 Å². The van der Waals surface area contributed by atoms with E-state index in [1.165, 1.54) is 7.11 Å². The Morgan fingerprint density at radius 1 is 1.06 bits per heavy atom. The first-order valence-corrected chi connectivity index (χ1v) is 11.9. The van der Waals surface area contributed by atoms with Gasteiger partial charge in [0, 0.05) is 41.1 Å². The summed E-state index contributed by atoms with van der Waals surface area (Å²) in [4.78, 5) is 31.6. The first kappa shape index (κ1) is 25.3. The molecule has 1 amide bonds. The van der Waals surface area contributed by atoms with E-state index >= 15 is 0 Å². The maximum absolute atomic E-state index is 13.7. The summed E-state index contributed by atoms with van der Waals surface area (Å²) in [7, 11) is 4.62. The van der Waals surface area contributed by atoms with E-state index in [-0.39, 0.29) is 17.1 Å². The lowest BCUT2D eigenvalue weighted by atomic mass is 9.68. The number of aromatic nitrogens is 1. The van der Waals surface area contributed by atoms with Crippen LogP contribution in [0, 0.1) is 12.3 Å². The highest BCUT2D eigenvalue weighted by molar-refractivity contribution is 6.09. The number of methoxy groups -OCH3 is 3. The van der Waals surface area contributed by atoms with Gasteiger partial charge in [0.05, 0.1) is 21.3 Å². The number of anilines is 1. The van der Waals surface area contributed by atoms with Crippen molar-refractivity contribution in [2.24, 2.45) is 5.41 Å². The molecule has 1 atom stereocenters. The second-order valence-electron chi connectivity index (χ2n) is 10.1. The third-order valence-corrected chi connectivity index (χ3v) is 6.66. The second-order valence-corrected chi connectivity index (χ2v) is 10.1. The van der Waals surface area contributed by atoms with Crippen molar-refractivity contribution in [3.8, 4) is 17.2 Å². The Morgan fingerprint density at radius 3 is 2.31 bits per heavy atom. The van der Waals surface area contributed by atoms with Gasteiger partial charge in [-0.25, -0.2) is 4.98 Å². The highest BCUT2D eigenvalue weighted by atomic mass is 16.5. The summed E-state index contributed by atoms with van der Waals surface area (Å²) in [5.74, 6) is 0.852. The highest BCUT2D eigenvalue weighted by Crippen LogP contribution is 2.49. The third kappa shape index (κ3) is 4.67. The Hall–Kier alpha value is -3.81. The number of rotatable bonds is 6. The molecule has 0 saturated carbocycles. The Bertz CT molecular complexity index is 1270. The smallest absolute Gasteiger partial charge is 0.255 e. The number of ether oxygens (including phenoxy) is 3. The molecule has 0 bridgehead atoms. The first-order chi connectivity index (χ1) is 17.1. The van der Waals surface area contributed by atoms with Gasteiger partial charge in [-0.15, -0.1) is 0 Å². The molecule has 1 unspecified atom stereocenters. The number of benzene rings is 1. The van der Waals surface area contributed by atoms with Crippen LogP contribution < -0.4 is 24.8 Å². The van der Waals surface area contributed by atoms with Gasteiger partial charge in [0.1, 0.15) is 5.82 Å². The SMILES string of the molecule is COc1cc(C2C(C(=O)Nc3cc(C)ccn3)=C(C)NC3=C2C(=O)CC(C)(C)C3)cc(OC)c1OC. The minimum absolute atomic E-state index is 0.0129. The molecule has 0 radical (unpaired) electrons. The molecular formula is C28H33N3O5. The summed E-state index contributed by atoms with van der Waals surface area (Å²) in [5.41, 5.74) is 4.06. The zero-order valence-electron chi connectivity index (χ0n) is 21.9. The van der Waals surface area contributed by atoms with E-state index in [0.29, 0.717) is 58.3 Å². The predicted octanol–water partition coefficient (Wildman–Crippen LogP) is 4.66. The minimum Gasteiger partial charge on any atom is -0.493 e. The van der Waals surface area contributed by atoms with Crippen LogP contribution >= 0.6 is 0 Å². The van der Waals surface area contributed by atoms with Crippen molar-refractivity contribution < 1.29 is 23.8 Å². The summed E-state index contributed by atoms with van der Waals surface area (Å²) in [6, 6.07) is 7.28. The largest absolute Gasteiger partial charge is 0.493 e. The van der Waals surface area contributed by atoms with Crippen molar-refractivity contribution in [2.75, 3.05) is 26.6 Å². The van der Waals surface area contributed by atoms with Gasteiger partial charge in [-0.05, 0) is 61.1 Å². The number of amides is 1. The van der Waals surface area contributed by atoms with Gasteiger partial charge in [0.2, 0.25) is 5.75 Å². The molecule has 0 saturated heterocycles. The van der Waals surface area contributed by atoms with Crippen LogP contribution in [0.15, 0.2) is 53.0 Å². The number of hydrogen-bond donors (Lipinski definition) is 2. The molecule has 1 aromatic carbocycles. The number of nitrogens with zero attached hydrogens (tertiary/aromatic N) is 1. The molecule has 0 fully saturated rings. The number of ketones is 1. The van der Waals surface area contributed by atoms with Crippen LogP contribution in [0.3, 0.4) is 0 Å². The lowest BCUT2D eigenvalue weighted by molar-refractivity contribution is -0.118. The van der Waals surface area contributed by atoms with Gasteiger partial charge >= 0.3 is 0 Å². The molecule has 1 aromatic heterocycles. The highest BCUT2D eigenvalue weighted by Gasteiger charge is 2.43. The molecule has 2 N–H and O–H groups in total. The predicted molar refractivity (Wildman–Crippen MR) is 137 cm³/mol. The lowest BCUT2D eigenvalue weighted by Gasteiger charge is -2.39. The number of carbonyl (C=O) groups is 2. The van der Waals surface area contributed by atoms with Gasteiger partial charge in [0.25, 0.3) is 5.91 Å². The average molecular weight is 492 g/mol. The Balaban J connectivity index is 1.90. The van der Waals surface area contributed by atoms with Gasteiger partial charge in [-0.2, -0.15) is 0 Å². The minimum atomic E-state index is -0.622. The standard InChI is InChI=1S/C28H33N3O5/c1-15-8-9-29-22(10-15)31-27(33)23-16(2)30-18-13-28(3,4)14-19(32)25(18)24(23)17-11-20(34-5)26(36-7)21(12-17)35-6/h8-12,24,30H,13-14H2,1-7H3,(H,29,31,33). The van der Waals surface area contributed by atoms with Crippen molar-refractivity contribution in [2.45, 2.75) is 46.5 Å². The van der Waals surface area contributed by atoms with Crippen molar-refractivity contribution in [3.63, 3.8) is 0 Å². The molecule has 190 valence electrons. The molecule has 36 heavy (non-hydrogen) atoms. The number of pyridine rings is 1. The molecule has 2 aromatic rings. The van der Waals surface area contributed by atoms with Crippen LogP contribution in [-0.2, 0) is 9.59 Å². The fraction of sp³-hybridized carbons (Fsp3) is 0.393. The summed E-state index contributed by atoms with van der Waals surface area (Å²) in [6.45, 7) is 7.95. The zero-order chi connectivity index (χ0) is 26.2. The maximum Gasteiger partial charge on any atom is 0.255 e. The van der Waals surface area contributed by atoms with Crippen LogP contribution in [-0.4, -0.2) is 38.0 Å². The molecule has 1 aliphatic carbocycles. The molecule has 4 rings (SSSR count). The maximum atomic E-state index is 13.7. The van der Waals surface area contributed by atoms with E-state index in [1.54, 1.807) is 38.6 Å². The molecule has 2 heterocycles. The number of aryl methyl sites for hydroxylation is 1. The van der Waals surface area contributed by atoms with Gasteiger partial charge < -0.3 is 24.8 Å². The van der Waals surface area contributed by atoms with Crippen LogP contribution in [0.5, 0.6) is 17.2 Å². The first-order valence-electron chi connectivity index (χ1n) is 11.9. The Kier molecular flexibility index (Phi) is 6.80. The molecular weight excluding hydrogens is 458 g/mol. The number of allylic oxidation sites excluding steroid dienone is 3. The number of carbonyl (C=O) groups excluding carboxylic acids is 2. The molecule has 8 nitrogen and oxygen atoms in total. The van der Waals surface area contributed by atoms with Gasteiger partial charge in [-0.3, -0.25) is 9.59 Å². The van der Waals surface area contributed by atoms with E-state index in [1.807, 2.05) is 19.9 Å². The summed E-state index contributed by atoms with van der Waals surface area (Å²) in [5, 5.41) is 6.30. The number of hydrogen-bond acceptors (Lipinski definition) is 7. The van der Waals surface area contributed by atoms with E-state index < -0.39 is 5.92 Å².